The minimum atomic E-state index is 0.543. The van der Waals surface area contributed by atoms with Crippen LogP contribution in [0, 0.1) is 11.3 Å². The van der Waals surface area contributed by atoms with E-state index in [0.717, 1.165) is 0 Å². The Balaban J connectivity index is 3.50. The Morgan fingerprint density at radius 3 is 2.60 bits per heavy atom. The fourth-order valence-corrected chi connectivity index (χ4v) is 0.906. The minimum Gasteiger partial charge on any atom is -0.291 e. The van der Waals surface area contributed by atoms with Crippen LogP contribution in [0.3, 0.4) is 0 Å². The van der Waals surface area contributed by atoms with Crippen LogP contribution >= 0.6 is 0 Å². The number of hydrogen-bond donors (Lipinski definition) is 0. The van der Waals surface area contributed by atoms with Crippen molar-refractivity contribution in [1.29, 1.82) is 5.26 Å². The van der Waals surface area contributed by atoms with Crippen LogP contribution in [0.25, 0.3) is 0 Å². The second-order valence-electron chi connectivity index (χ2n) is 2.71. The van der Waals surface area contributed by atoms with Crippen molar-refractivity contribution in [3.05, 3.63) is 0 Å². The van der Waals surface area contributed by atoms with E-state index >= 15 is 0 Å². The van der Waals surface area contributed by atoms with E-state index in [2.05, 4.69) is 24.8 Å². The van der Waals surface area contributed by atoms with Crippen molar-refractivity contribution in [2.45, 2.75) is 32.7 Å². The molecule has 10 heavy (non-hydrogen) atoms. The Labute approximate surface area is 63.4 Å². The third-order valence-electron chi connectivity index (χ3n) is 1.78. The van der Waals surface area contributed by atoms with Crippen LogP contribution in [0.1, 0.15) is 26.7 Å². The van der Waals surface area contributed by atoms with Gasteiger partial charge in [0.05, 0.1) is 12.6 Å². The van der Waals surface area contributed by atoms with E-state index in [-0.39, 0.29) is 0 Å². The van der Waals surface area contributed by atoms with Crippen molar-refractivity contribution in [2.75, 3.05) is 13.6 Å². The summed E-state index contributed by atoms with van der Waals surface area (Å²) in [6.07, 6.45) is 2.37. The third kappa shape index (κ3) is 3.47. The van der Waals surface area contributed by atoms with Crippen molar-refractivity contribution < 1.29 is 0 Å². The molecule has 0 aromatic rings. The molecule has 0 rings (SSSR count). The first-order chi connectivity index (χ1) is 4.72. The summed E-state index contributed by atoms with van der Waals surface area (Å²) >= 11 is 0. The first-order valence-corrected chi connectivity index (χ1v) is 3.79. The summed E-state index contributed by atoms with van der Waals surface area (Å²) in [6, 6.07) is 2.68. The molecule has 0 spiro atoms. The van der Waals surface area contributed by atoms with E-state index in [0.29, 0.717) is 12.6 Å². The standard InChI is InChI=1S/C8H16N2/c1-4-5-8(2)10(3)7-6-9/h8H,4-5,7H2,1-3H3/t8-/m0/s1. The van der Waals surface area contributed by atoms with Gasteiger partial charge in [0.2, 0.25) is 0 Å². The van der Waals surface area contributed by atoms with Gasteiger partial charge in [0, 0.05) is 6.04 Å². The molecular weight excluding hydrogens is 124 g/mol. The molecule has 0 aliphatic rings. The molecule has 0 aromatic heterocycles. The second-order valence-corrected chi connectivity index (χ2v) is 2.71. The Morgan fingerprint density at radius 2 is 2.20 bits per heavy atom. The molecule has 2 heteroatoms. The molecule has 0 saturated heterocycles. The van der Waals surface area contributed by atoms with E-state index in [1.165, 1.54) is 12.8 Å². The zero-order valence-electron chi connectivity index (χ0n) is 7.09. The van der Waals surface area contributed by atoms with Gasteiger partial charge >= 0.3 is 0 Å². The lowest BCUT2D eigenvalue weighted by Crippen LogP contribution is -2.28. The van der Waals surface area contributed by atoms with Gasteiger partial charge < -0.3 is 0 Å². The maximum absolute atomic E-state index is 8.36. The average molecular weight is 140 g/mol. The number of rotatable bonds is 4. The lowest BCUT2D eigenvalue weighted by molar-refractivity contribution is 0.272. The van der Waals surface area contributed by atoms with E-state index < -0.39 is 0 Å². The van der Waals surface area contributed by atoms with Gasteiger partial charge in [-0.2, -0.15) is 5.26 Å². The highest BCUT2D eigenvalue weighted by Crippen LogP contribution is 2.02. The Kier molecular flexibility index (Phi) is 4.96. The molecule has 0 radical (unpaired) electrons. The summed E-state index contributed by atoms with van der Waals surface area (Å²) in [7, 11) is 1.99. The summed E-state index contributed by atoms with van der Waals surface area (Å²) in [5.41, 5.74) is 0. The first kappa shape index (κ1) is 9.45. The molecule has 0 saturated carbocycles. The predicted octanol–water partition coefficient (Wildman–Crippen LogP) is 1.63. The van der Waals surface area contributed by atoms with Gasteiger partial charge in [0.1, 0.15) is 0 Å². The van der Waals surface area contributed by atoms with Gasteiger partial charge in [0.15, 0.2) is 0 Å². The second kappa shape index (κ2) is 5.25. The van der Waals surface area contributed by atoms with Crippen molar-refractivity contribution >= 4 is 0 Å². The van der Waals surface area contributed by atoms with Crippen LogP contribution in [0.5, 0.6) is 0 Å². The van der Waals surface area contributed by atoms with Gasteiger partial charge in [-0.3, -0.25) is 4.90 Å². The van der Waals surface area contributed by atoms with Gasteiger partial charge in [-0.05, 0) is 20.4 Å². The minimum absolute atomic E-state index is 0.543. The number of nitrogens with zero attached hydrogens (tertiary/aromatic N) is 2. The maximum Gasteiger partial charge on any atom is 0.0865 e. The van der Waals surface area contributed by atoms with Crippen molar-refractivity contribution in [2.24, 2.45) is 0 Å². The van der Waals surface area contributed by atoms with E-state index in [9.17, 15) is 0 Å². The Morgan fingerprint density at radius 1 is 1.60 bits per heavy atom. The molecule has 1 atom stereocenters. The van der Waals surface area contributed by atoms with E-state index in [1.54, 1.807) is 0 Å². The summed E-state index contributed by atoms with van der Waals surface area (Å²) < 4.78 is 0. The molecule has 0 amide bonds. The van der Waals surface area contributed by atoms with Gasteiger partial charge in [-0.15, -0.1) is 0 Å². The highest BCUT2D eigenvalue weighted by Gasteiger charge is 2.05. The van der Waals surface area contributed by atoms with E-state index in [1.807, 2.05) is 7.05 Å². The SMILES string of the molecule is CCC[C@H](C)N(C)CC#N. The first-order valence-electron chi connectivity index (χ1n) is 3.79. The molecule has 0 heterocycles. The van der Waals surface area contributed by atoms with Crippen molar-refractivity contribution in [3.63, 3.8) is 0 Å². The Bertz CT molecular complexity index is 115. The quantitative estimate of drug-likeness (QED) is 0.555. The summed E-state index contributed by atoms with van der Waals surface area (Å²) in [5.74, 6) is 0. The van der Waals surface area contributed by atoms with Gasteiger partial charge in [-0.1, -0.05) is 13.3 Å². The summed E-state index contributed by atoms with van der Waals surface area (Å²) in [5, 5.41) is 8.36. The predicted molar refractivity (Wildman–Crippen MR) is 42.6 cm³/mol. The molecule has 0 fully saturated rings. The summed E-state index contributed by atoms with van der Waals surface area (Å²) in [4.78, 5) is 2.07. The zero-order chi connectivity index (χ0) is 7.98. The molecule has 0 bridgehead atoms. The van der Waals surface area contributed by atoms with Crippen LogP contribution in [0.2, 0.25) is 0 Å². The lowest BCUT2D eigenvalue weighted by atomic mass is 10.2. The molecule has 0 aliphatic carbocycles. The topological polar surface area (TPSA) is 27.0 Å². The highest BCUT2D eigenvalue weighted by molar-refractivity contribution is 4.77. The van der Waals surface area contributed by atoms with Crippen LogP contribution in [0.15, 0.2) is 0 Å². The molecule has 0 aliphatic heterocycles. The van der Waals surface area contributed by atoms with Crippen LogP contribution in [-0.2, 0) is 0 Å². The fraction of sp³-hybridized carbons (Fsp3) is 0.875. The molecule has 0 N–H and O–H groups in total. The van der Waals surface area contributed by atoms with Crippen LogP contribution in [0.4, 0.5) is 0 Å². The monoisotopic (exact) mass is 140 g/mol. The highest BCUT2D eigenvalue weighted by atomic mass is 15.1. The maximum atomic E-state index is 8.36. The fourth-order valence-electron chi connectivity index (χ4n) is 0.906. The van der Waals surface area contributed by atoms with Crippen molar-refractivity contribution in [3.8, 4) is 6.07 Å². The molecule has 58 valence electrons. The van der Waals surface area contributed by atoms with Crippen LogP contribution < -0.4 is 0 Å². The smallest absolute Gasteiger partial charge is 0.0865 e. The zero-order valence-corrected chi connectivity index (χ0v) is 7.09. The number of hydrogen-bond acceptors (Lipinski definition) is 2. The molecular formula is C8H16N2. The molecule has 2 nitrogen and oxygen atoms in total. The largest absolute Gasteiger partial charge is 0.291 e. The normalized spacial score (nSPS) is 13.1. The van der Waals surface area contributed by atoms with Crippen LogP contribution in [-0.4, -0.2) is 24.5 Å². The Hall–Kier alpha value is -0.550. The van der Waals surface area contributed by atoms with Gasteiger partial charge in [-0.25, -0.2) is 0 Å². The average Bonchev–Trinajstić information content (AvgIpc) is 1.89. The molecule has 0 aromatic carbocycles. The van der Waals surface area contributed by atoms with Crippen molar-refractivity contribution in [1.82, 2.24) is 4.90 Å². The van der Waals surface area contributed by atoms with Gasteiger partial charge in [0.25, 0.3) is 0 Å². The van der Waals surface area contributed by atoms with E-state index in [4.69, 9.17) is 5.26 Å². The molecule has 0 unspecified atom stereocenters. The summed E-state index contributed by atoms with van der Waals surface area (Å²) in [6.45, 7) is 4.86. The lowest BCUT2D eigenvalue weighted by Gasteiger charge is -2.20. The third-order valence-corrected chi connectivity index (χ3v) is 1.78. The number of nitriles is 1.